The molecule has 2 N–H and O–H groups in total. The lowest BCUT2D eigenvalue weighted by atomic mass is 9.98. The highest BCUT2D eigenvalue weighted by Gasteiger charge is 2.35. The number of fused-ring (bicyclic) bond motifs is 1. The number of amides is 1. The van der Waals surface area contributed by atoms with Gasteiger partial charge in [0.05, 0.1) is 12.1 Å². The first-order chi connectivity index (χ1) is 10.2. The van der Waals surface area contributed by atoms with Gasteiger partial charge in [-0.25, -0.2) is 4.98 Å². The fourth-order valence-electron chi connectivity index (χ4n) is 2.87. The average Bonchev–Trinajstić information content (AvgIpc) is 2.97. The summed E-state index contributed by atoms with van der Waals surface area (Å²) in [6, 6.07) is 5.19. The van der Waals surface area contributed by atoms with Crippen molar-refractivity contribution >= 4 is 11.6 Å². The van der Waals surface area contributed by atoms with Crippen LogP contribution in [0.5, 0.6) is 0 Å². The molecule has 1 aliphatic rings. The number of hydrogen-bond donors (Lipinski definition) is 2. The molecule has 0 radical (unpaired) electrons. The Labute approximate surface area is 121 Å². The van der Waals surface area contributed by atoms with E-state index in [2.05, 4.69) is 10.3 Å². The Morgan fingerprint density at radius 1 is 1.38 bits per heavy atom. The van der Waals surface area contributed by atoms with Gasteiger partial charge < -0.3 is 10.4 Å². The highest BCUT2D eigenvalue weighted by atomic mass is 16.3. The fraction of sp³-hybridized carbons (Fsp3) is 0.400. The summed E-state index contributed by atoms with van der Waals surface area (Å²) in [6.45, 7) is -0.110. The molecular formula is C15H17N3O3. The van der Waals surface area contributed by atoms with Crippen molar-refractivity contribution in [2.24, 2.45) is 0 Å². The summed E-state index contributed by atoms with van der Waals surface area (Å²) in [7, 11) is 0. The minimum absolute atomic E-state index is 0.00146. The smallest absolute Gasteiger partial charge is 0.270 e. The van der Waals surface area contributed by atoms with Gasteiger partial charge in [0, 0.05) is 12.4 Å². The molecule has 1 amide bonds. The number of nitrogens with one attached hydrogen (secondary N) is 1. The zero-order valence-electron chi connectivity index (χ0n) is 11.6. The van der Waals surface area contributed by atoms with E-state index < -0.39 is 17.0 Å². The maximum Gasteiger partial charge on any atom is 0.270 e. The molecule has 0 aliphatic heterocycles. The van der Waals surface area contributed by atoms with Gasteiger partial charge in [-0.3, -0.25) is 14.0 Å². The van der Waals surface area contributed by atoms with Gasteiger partial charge in [0.1, 0.15) is 11.2 Å². The third kappa shape index (κ3) is 2.42. The average molecular weight is 287 g/mol. The lowest BCUT2D eigenvalue weighted by Gasteiger charge is -2.27. The molecule has 2 heterocycles. The molecule has 2 aromatic rings. The van der Waals surface area contributed by atoms with Crippen LogP contribution >= 0.6 is 0 Å². The summed E-state index contributed by atoms with van der Waals surface area (Å²) in [6.07, 6.45) is 6.28. The fourth-order valence-corrected chi connectivity index (χ4v) is 2.87. The molecule has 0 unspecified atom stereocenters. The number of aliphatic hydroxyl groups is 1. The van der Waals surface area contributed by atoms with Gasteiger partial charge in [0.25, 0.3) is 11.5 Å². The van der Waals surface area contributed by atoms with Gasteiger partial charge in [-0.2, -0.15) is 0 Å². The second kappa shape index (κ2) is 5.29. The molecular weight excluding hydrogens is 270 g/mol. The Hall–Kier alpha value is -2.21. The van der Waals surface area contributed by atoms with E-state index in [1.54, 1.807) is 24.4 Å². The van der Waals surface area contributed by atoms with Crippen molar-refractivity contribution in [1.82, 2.24) is 14.7 Å². The Morgan fingerprint density at radius 2 is 2.14 bits per heavy atom. The van der Waals surface area contributed by atoms with E-state index in [0.29, 0.717) is 5.65 Å². The Balaban J connectivity index is 1.95. The summed E-state index contributed by atoms with van der Waals surface area (Å²) < 4.78 is 1.34. The maximum atomic E-state index is 12.4. The van der Waals surface area contributed by atoms with Crippen LogP contribution in [0, 0.1) is 0 Å². The van der Waals surface area contributed by atoms with E-state index >= 15 is 0 Å². The molecule has 2 aromatic heterocycles. The minimum atomic E-state index is -0.597. The normalized spacial score (nSPS) is 17.0. The summed E-state index contributed by atoms with van der Waals surface area (Å²) in [5, 5.41) is 12.4. The standard InChI is InChI=1S/C15H17N3O3/c19-10-15(6-2-3-7-15)17-13(20)11-9-16-12-5-1-4-8-18(12)14(11)21/h1,4-5,8-9,19H,2-3,6-7,10H2,(H,17,20). The van der Waals surface area contributed by atoms with E-state index in [1.165, 1.54) is 10.6 Å². The van der Waals surface area contributed by atoms with E-state index in [4.69, 9.17) is 0 Å². The Bertz CT molecular complexity index is 732. The van der Waals surface area contributed by atoms with Crippen LogP contribution in [-0.2, 0) is 0 Å². The van der Waals surface area contributed by atoms with Crippen LogP contribution in [0.3, 0.4) is 0 Å². The lowest BCUT2D eigenvalue weighted by Crippen LogP contribution is -2.50. The highest BCUT2D eigenvalue weighted by Crippen LogP contribution is 2.29. The molecule has 0 bridgehead atoms. The van der Waals surface area contributed by atoms with Gasteiger partial charge in [-0.15, -0.1) is 0 Å². The molecule has 1 aliphatic carbocycles. The van der Waals surface area contributed by atoms with Crippen molar-refractivity contribution in [1.29, 1.82) is 0 Å². The van der Waals surface area contributed by atoms with Crippen molar-refractivity contribution in [2.45, 2.75) is 31.2 Å². The number of aliphatic hydroxyl groups excluding tert-OH is 1. The first-order valence-electron chi connectivity index (χ1n) is 7.05. The van der Waals surface area contributed by atoms with E-state index in [-0.39, 0.29) is 12.2 Å². The van der Waals surface area contributed by atoms with Gasteiger partial charge in [0.2, 0.25) is 0 Å². The molecule has 110 valence electrons. The van der Waals surface area contributed by atoms with Crippen molar-refractivity contribution in [3.8, 4) is 0 Å². The monoisotopic (exact) mass is 287 g/mol. The number of carbonyl (C=O) groups excluding carboxylic acids is 1. The van der Waals surface area contributed by atoms with Crippen LogP contribution in [0.2, 0.25) is 0 Å². The maximum absolute atomic E-state index is 12.4. The van der Waals surface area contributed by atoms with E-state index in [9.17, 15) is 14.7 Å². The van der Waals surface area contributed by atoms with Crippen molar-refractivity contribution in [3.05, 3.63) is 46.5 Å². The SMILES string of the molecule is O=C(NC1(CO)CCCC1)c1cnc2ccccn2c1=O. The lowest BCUT2D eigenvalue weighted by molar-refractivity contribution is 0.0836. The molecule has 1 saturated carbocycles. The van der Waals surface area contributed by atoms with Crippen LogP contribution in [0.4, 0.5) is 0 Å². The van der Waals surface area contributed by atoms with Gasteiger partial charge in [-0.1, -0.05) is 18.9 Å². The molecule has 1 fully saturated rings. The molecule has 6 nitrogen and oxygen atoms in total. The predicted molar refractivity (Wildman–Crippen MR) is 77.2 cm³/mol. The summed E-state index contributed by atoms with van der Waals surface area (Å²) in [5.74, 6) is -0.471. The molecule has 21 heavy (non-hydrogen) atoms. The second-order valence-corrected chi connectivity index (χ2v) is 5.51. The number of hydrogen-bond acceptors (Lipinski definition) is 4. The third-order valence-corrected chi connectivity index (χ3v) is 4.10. The van der Waals surface area contributed by atoms with Crippen LogP contribution in [-0.4, -0.2) is 32.5 Å². The summed E-state index contributed by atoms with van der Waals surface area (Å²) >= 11 is 0. The second-order valence-electron chi connectivity index (χ2n) is 5.51. The summed E-state index contributed by atoms with van der Waals surface area (Å²) in [5.41, 5.74) is -0.501. The molecule has 0 atom stereocenters. The van der Waals surface area contributed by atoms with Crippen LogP contribution in [0.25, 0.3) is 5.65 Å². The van der Waals surface area contributed by atoms with E-state index in [1.807, 2.05) is 0 Å². The molecule has 0 saturated heterocycles. The van der Waals surface area contributed by atoms with Crippen LogP contribution in [0.1, 0.15) is 36.0 Å². The number of carbonyl (C=O) groups is 1. The largest absolute Gasteiger partial charge is 0.394 e. The molecule has 3 rings (SSSR count). The van der Waals surface area contributed by atoms with Crippen LogP contribution < -0.4 is 10.9 Å². The zero-order valence-corrected chi connectivity index (χ0v) is 11.6. The molecule has 0 aromatic carbocycles. The number of aromatic nitrogens is 2. The number of rotatable bonds is 3. The van der Waals surface area contributed by atoms with E-state index in [0.717, 1.165) is 25.7 Å². The molecule has 6 heteroatoms. The van der Waals surface area contributed by atoms with Gasteiger partial charge >= 0.3 is 0 Å². The van der Waals surface area contributed by atoms with Crippen molar-refractivity contribution < 1.29 is 9.90 Å². The van der Waals surface area contributed by atoms with Gasteiger partial charge in [0.15, 0.2) is 0 Å². The first-order valence-corrected chi connectivity index (χ1v) is 7.05. The Kier molecular flexibility index (Phi) is 3.47. The quantitative estimate of drug-likeness (QED) is 0.871. The number of nitrogens with zero attached hydrogens (tertiary/aromatic N) is 2. The first kappa shape index (κ1) is 13.8. The minimum Gasteiger partial charge on any atom is -0.394 e. The summed E-state index contributed by atoms with van der Waals surface area (Å²) in [4.78, 5) is 28.8. The van der Waals surface area contributed by atoms with Crippen molar-refractivity contribution in [2.75, 3.05) is 6.61 Å². The van der Waals surface area contributed by atoms with Crippen molar-refractivity contribution in [3.63, 3.8) is 0 Å². The zero-order chi connectivity index (χ0) is 14.9. The van der Waals surface area contributed by atoms with Gasteiger partial charge in [-0.05, 0) is 25.0 Å². The number of pyridine rings is 1. The highest BCUT2D eigenvalue weighted by molar-refractivity contribution is 5.94. The van der Waals surface area contributed by atoms with Crippen LogP contribution in [0.15, 0.2) is 35.4 Å². The Morgan fingerprint density at radius 3 is 2.86 bits per heavy atom. The molecule has 0 spiro atoms. The third-order valence-electron chi connectivity index (χ3n) is 4.10. The topological polar surface area (TPSA) is 83.7 Å². The predicted octanol–water partition coefficient (Wildman–Crippen LogP) is 0.729.